The number of nitrogens with zero attached hydrogens (tertiary/aromatic N) is 1. The number of hydrogen-bond donors (Lipinski definition) is 1. The molecule has 0 aliphatic heterocycles. The van der Waals surface area contributed by atoms with E-state index in [9.17, 15) is 9.65 Å². The highest BCUT2D eigenvalue weighted by Gasteiger charge is 2.14. The average molecular weight is 254 g/mol. The number of nitriles is 1. The van der Waals surface area contributed by atoms with E-state index in [1.165, 1.54) is 6.07 Å². The van der Waals surface area contributed by atoms with E-state index in [2.05, 4.69) is 11.4 Å². The minimum Gasteiger partial charge on any atom is -0.294 e. The van der Waals surface area contributed by atoms with Crippen molar-refractivity contribution in [2.24, 2.45) is 0 Å². The summed E-state index contributed by atoms with van der Waals surface area (Å²) in [5, 5.41) is 12.3. The monoisotopic (exact) mass is 254 g/mol. The first kappa shape index (κ1) is 13.3. The second kappa shape index (κ2) is 6.12. The van der Waals surface area contributed by atoms with Crippen molar-refractivity contribution in [2.75, 3.05) is 0 Å². The van der Waals surface area contributed by atoms with Crippen LogP contribution in [0, 0.1) is 24.1 Å². The maximum atomic E-state index is 13.7. The predicted octanol–water partition coefficient (Wildman–Crippen LogP) is 3.49. The molecular weight excluding hydrogens is 239 g/mol. The van der Waals surface area contributed by atoms with Crippen LogP contribution in [0.25, 0.3) is 0 Å². The molecule has 0 fully saturated rings. The Bertz CT molecular complexity index is 587. The van der Waals surface area contributed by atoms with Gasteiger partial charge in [-0.1, -0.05) is 48.0 Å². The highest BCUT2D eigenvalue weighted by molar-refractivity contribution is 5.30. The van der Waals surface area contributed by atoms with Gasteiger partial charge in [0.1, 0.15) is 11.9 Å². The van der Waals surface area contributed by atoms with Crippen LogP contribution in [0.3, 0.4) is 0 Å². The van der Waals surface area contributed by atoms with Crippen molar-refractivity contribution in [1.29, 1.82) is 5.26 Å². The van der Waals surface area contributed by atoms with Crippen LogP contribution in [0.1, 0.15) is 22.7 Å². The van der Waals surface area contributed by atoms with Gasteiger partial charge in [-0.2, -0.15) is 5.26 Å². The molecule has 0 radical (unpaired) electrons. The molecule has 1 unspecified atom stereocenters. The van der Waals surface area contributed by atoms with Gasteiger partial charge in [0.25, 0.3) is 0 Å². The average Bonchev–Trinajstić information content (AvgIpc) is 2.44. The second-order valence-electron chi connectivity index (χ2n) is 4.45. The van der Waals surface area contributed by atoms with Gasteiger partial charge in [-0.15, -0.1) is 0 Å². The Morgan fingerprint density at radius 3 is 2.63 bits per heavy atom. The van der Waals surface area contributed by atoms with Crippen molar-refractivity contribution in [3.8, 4) is 6.07 Å². The van der Waals surface area contributed by atoms with Gasteiger partial charge in [-0.25, -0.2) is 4.39 Å². The van der Waals surface area contributed by atoms with Gasteiger partial charge in [0, 0.05) is 12.1 Å². The Morgan fingerprint density at radius 2 is 1.95 bits per heavy atom. The van der Waals surface area contributed by atoms with Gasteiger partial charge in [-0.05, 0) is 18.6 Å². The van der Waals surface area contributed by atoms with E-state index in [0.717, 1.165) is 11.1 Å². The molecule has 2 nitrogen and oxygen atoms in total. The first-order valence-electron chi connectivity index (χ1n) is 6.13. The van der Waals surface area contributed by atoms with Crippen LogP contribution in [0.15, 0.2) is 48.5 Å². The third kappa shape index (κ3) is 3.40. The molecule has 0 aliphatic carbocycles. The summed E-state index contributed by atoms with van der Waals surface area (Å²) in [5.74, 6) is -0.349. The summed E-state index contributed by atoms with van der Waals surface area (Å²) in [7, 11) is 0. The smallest absolute Gasteiger partial charge is 0.129 e. The molecule has 0 aliphatic rings. The zero-order valence-corrected chi connectivity index (χ0v) is 10.7. The molecule has 1 N–H and O–H groups in total. The molecule has 2 rings (SSSR count). The van der Waals surface area contributed by atoms with Crippen molar-refractivity contribution in [3.05, 3.63) is 71.0 Å². The number of rotatable bonds is 4. The molecule has 0 spiro atoms. The lowest BCUT2D eigenvalue weighted by Crippen LogP contribution is -2.20. The summed E-state index contributed by atoms with van der Waals surface area (Å²) in [6, 6.07) is 16.0. The third-order valence-electron chi connectivity index (χ3n) is 2.94. The van der Waals surface area contributed by atoms with Gasteiger partial charge in [0.05, 0.1) is 6.07 Å². The molecule has 0 saturated carbocycles. The molecule has 2 aromatic carbocycles. The first-order valence-corrected chi connectivity index (χ1v) is 6.13. The minimum absolute atomic E-state index is 0.349. The molecular formula is C16H15FN2. The molecule has 0 amide bonds. The highest BCUT2D eigenvalue weighted by Crippen LogP contribution is 2.18. The minimum atomic E-state index is -0.639. The SMILES string of the molecule is Cc1ccc(F)c(C(C#N)NCc2ccccc2)c1. The van der Waals surface area contributed by atoms with Gasteiger partial charge < -0.3 is 0 Å². The highest BCUT2D eigenvalue weighted by atomic mass is 19.1. The fourth-order valence-corrected chi connectivity index (χ4v) is 1.93. The van der Waals surface area contributed by atoms with E-state index in [1.54, 1.807) is 12.1 Å². The molecule has 0 heterocycles. The normalized spacial score (nSPS) is 11.8. The molecule has 96 valence electrons. The van der Waals surface area contributed by atoms with E-state index >= 15 is 0 Å². The van der Waals surface area contributed by atoms with Gasteiger partial charge in [0.15, 0.2) is 0 Å². The van der Waals surface area contributed by atoms with Gasteiger partial charge >= 0.3 is 0 Å². The molecule has 1 atom stereocenters. The second-order valence-corrected chi connectivity index (χ2v) is 4.45. The van der Waals surface area contributed by atoms with E-state index in [1.807, 2.05) is 37.3 Å². The maximum Gasteiger partial charge on any atom is 0.129 e. The van der Waals surface area contributed by atoms with Crippen LogP contribution >= 0.6 is 0 Å². The summed E-state index contributed by atoms with van der Waals surface area (Å²) < 4.78 is 13.7. The summed E-state index contributed by atoms with van der Waals surface area (Å²) in [5.41, 5.74) is 2.41. The molecule has 0 saturated heterocycles. The summed E-state index contributed by atoms with van der Waals surface area (Å²) in [6.07, 6.45) is 0. The summed E-state index contributed by atoms with van der Waals surface area (Å²) in [6.45, 7) is 2.42. The Kier molecular flexibility index (Phi) is 4.27. The Morgan fingerprint density at radius 1 is 1.21 bits per heavy atom. The molecule has 0 aromatic heterocycles. The fraction of sp³-hybridized carbons (Fsp3) is 0.188. The Labute approximate surface area is 112 Å². The zero-order valence-electron chi connectivity index (χ0n) is 10.7. The number of aryl methyl sites for hydroxylation is 1. The van der Waals surface area contributed by atoms with Crippen LogP contribution in [0.4, 0.5) is 4.39 Å². The molecule has 0 bridgehead atoms. The van der Waals surface area contributed by atoms with E-state index in [0.29, 0.717) is 12.1 Å². The number of hydrogen-bond acceptors (Lipinski definition) is 2. The van der Waals surface area contributed by atoms with Gasteiger partial charge in [-0.3, -0.25) is 5.32 Å². The fourth-order valence-electron chi connectivity index (χ4n) is 1.93. The van der Waals surface area contributed by atoms with Crippen molar-refractivity contribution >= 4 is 0 Å². The van der Waals surface area contributed by atoms with Crippen molar-refractivity contribution in [1.82, 2.24) is 5.32 Å². The first-order chi connectivity index (χ1) is 9.20. The number of nitrogens with one attached hydrogen (secondary N) is 1. The Hall–Kier alpha value is -2.18. The van der Waals surface area contributed by atoms with Crippen LogP contribution in [-0.4, -0.2) is 0 Å². The van der Waals surface area contributed by atoms with Crippen molar-refractivity contribution < 1.29 is 4.39 Å². The lowest BCUT2D eigenvalue weighted by molar-refractivity contribution is 0.561. The quantitative estimate of drug-likeness (QED) is 0.906. The van der Waals surface area contributed by atoms with E-state index in [4.69, 9.17) is 0 Å². The topological polar surface area (TPSA) is 35.8 Å². The molecule has 3 heteroatoms. The van der Waals surface area contributed by atoms with Crippen LogP contribution in [0.5, 0.6) is 0 Å². The zero-order chi connectivity index (χ0) is 13.7. The van der Waals surface area contributed by atoms with Crippen molar-refractivity contribution in [3.63, 3.8) is 0 Å². The molecule has 19 heavy (non-hydrogen) atoms. The van der Waals surface area contributed by atoms with E-state index in [-0.39, 0.29) is 5.82 Å². The predicted molar refractivity (Wildman–Crippen MR) is 72.8 cm³/mol. The number of benzene rings is 2. The third-order valence-corrected chi connectivity index (χ3v) is 2.94. The maximum absolute atomic E-state index is 13.7. The summed E-state index contributed by atoms with van der Waals surface area (Å²) in [4.78, 5) is 0. The summed E-state index contributed by atoms with van der Waals surface area (Å²) >= 11 is 0. The van der Waals surface area contributed by atoms with Crippen LogP contribution in [-0.2, 0) is 6.54 Å². The lowest BCUT2D eigenvalue weighted by Gasteiger charge is -2.13. The standard InChI is InChI=1S/C16H15FN2/c1-12-7-8-15(17)14(9-12)16(10-18)19-11-13-5-3-2-4-6-13/h2-9,16,19H,11H2,1H3. The van der Waals surface area contributed by atoms with Crippen LogP contribution in [0.2, 0.25) is 0 Å². The van der Waals surface area contributed by atoms with Crippen molar-refractivity contribution in [2.45, 2.75) is 19.5 Å². The largest absolute Gasteiger partial charge is 0.294 e. The molecule has 2 aromatic rings. The lowest BCUT2D eigenvalue weighted by atomic mass is 10.0. The number of halogens is 1. The Balaban J connectivity index is 2.13. The van der Waals surface area contributed by atoms with Gasteiger partial charge in [0.2, 0.25) is 0 Å². The van der Waals surface area contributed by atoms with Crippen LogP contribution < -0.4 is 5.32 Å². The van der Waals surface area contributed by atoms with E-state index < -0.39 is 6.04 Å².